The van der Waals surface area contributed by atoms with Crippen LogP contribution in [0, 0.1) is 40.4 Å². The number of amides is 2. The molecule has 0 bridgehead atoms. The summed E-state index contributed by atoms with van der Waals surface area (Å²) in [6, 6.07) is 0. The quantitative estimate of drug-likeness (QED) is 0.240. The van der Waals surface area contributed by atoms with E-state index in [2.05, 4.69) is 40.7 Å². The minimum Gasteiger partial charge on any atom is -0.446 e. The van der Waals surface area contributed by atoms with E-state index < -0.39 is 0 Å². The van der Waals surface area contributed by atoms with Gasteiger partial charge in [0.1, 0.15) is 6.10 Å². The zero-order chi connectivity index (χ0) is 29.1. The molecule has 40 heavy (non-hydrogen) atoms. The molecule has 0 heterocycles. The fraction of sp³-hybridized carbons (Fsp3) is 0.886. The standard InChI is InChI=1S/C35H60N2O3/c1-8-10-22-37(23-11-9-2)33(39)40-27-18-20-34(4)26(24-27)13-14-28-30-16-15-29(35(30,5)21-19-31(28)34)25(3)12-17-32(38)36(6)7/h13,25,27-31H,8-12,14-24H2,1-7H3/t25-,27+,28+,29-,30+,31+,34+,35-/m1/s1. The van der Waals surface area contributed by atoms with Crippen molar-refractivity contribution in [3.05, 3.63) is 11.6 Å². The van der Waals surface area contributed by atoms with Gasteiger partial charge in [0.2, 0.25) is 5.91 Å². The van der Waals surface area contributed by atoms with Crippen LogP contribution in [0.3, 0.4) is 0 Å². The van der Waals surface area contributed by atoms with Crippen molar-refractivity contribution in [3.63, 3.8) is 0 Å². The first-order valence-electron chi connectivity index (χ1n) is 16.9. The van der Waals surface area contributed by atoms with Gasteiger partial charge in [0.25, 0.3) is 0 Å². The molecule has 0 aliphatic heterocycles. The third-order valence-corrected chi connectivity index (χ3v) is 12.2. The predicted molar refractivity (Wildman–Crippen MR) is 164 cm³/mol. The normalized spacial score (nSPS) is 35.6. The molecule has 0 aromatic heterocycles. The number of fused-ring (bicyclic) bond motifs is 5. The van der Waals surface area contributed by atoms with Gasteiger partial charge in [-0.15, -0.1) is 0 Å². The summed E-state index contributed by atoms with van der Waals surface area (Å²) in [4.78, 5) is 29.1. The van der Waals surface area contributed by atoms with Crippen LogP contribution in [-0.2, 0) is 9.53 Å². The molecule has 0 aromatic carbocycles. The molecule has 0 radical (unpaired) electrons. The molecule has 0 N–H and O–H groups in total. The number of unbranched alkanes of at least 4 members (excludes halogenated alkanes) is 2. The first-order chi connectivity index (χ1) is 19.0. The number of ether oxygens (including phenoxy) is 1. The maximum Gasteiger partial charge on any atom is 0.410 e. The van der Waals surface area contributed by atoms with Gasteiger partial charge in [-0.25, -0.2) is 4.79 Å². The molecule has 0 aromatic rings. The van der Waals surface area contributed by atoms with Crippen LogP contribution in [0.5, 0.6) is 0 Å². The molecule has 3 saturated carbocycles. The van der Waals surface area contributed by atoms with Gasteiger partial charge >= 0.3 is 6.09 Å². The molecular weight excluding hydrogens is 496 g/mol. The Labute approximate surface area is 245 Å². The number of hydrogen-bond acceptors (Lipinski definition) is 3. The molecule has 5 nitrogen and oxygen atoms in total. The Balaban J connectivity index is 1.40. The summed E-state index contributed by atoms with van der Waals surface area (Å²) < 4.78 is 6.18. The van der Waals surface area contributed by atoms with E-state index in [1.165, 1.54) is 32.1 Å². The van der Waals surface area contributed by atoms with Crippen LogP contribution in [0.2, 0.25) is 0 Å². The largest absolute Gasteiger partial charge is 0.446 e. The van der Waals surface area contributed by atoms with Crippen LogP contribution < -0.4 is 0 Å². The highest BCUT2D eigenvalue weighted by molar-refractivity contribution is 5.75. The number of rotatable bonds is 11. The van der Waals surface area contributed by atoms with Crippen molar-refractivity contribution in [2.24, 2.45) is 40.4 Å². The van der Waals surface area contributed by atoms with Crippen LogP contribution >= 0.6 is 0 Å². The number of allylic oxidation sites excluding steroid dienone is 1. The smallest absolute Gasteiger partial charge is 0.410 e. The third kappa shape index (κ3) is 6.28. The highest BCUT2D eigenvalue weighted by atomic mass is 16.6. The second-order valence-corrected chi connectivity index (χ2v) is 14.7. The van der Waals surface area contributed by atoms with E-state index in [9.17, 15) is 9.59 Å². The summed E-state index contributed by atoms with van der Waals surface area (Å²) in [5.74, 6) is 3.97. The molecule has 4 aliphatic rings. The Morgan fingerprint density at radius 1 is 1.00 bits per heavy atom. The lowest BCUT2D eigenvalue weighted by molar-refractivity contribution is -0.129. The van der Waals surface area contributed by atoms with Gasteiger partial charge in [-0.05, 0) is 105 Å². The van der Waals surface area contributed by atoms with Gasteiger partial charge in [-0.1, -0.05) is 59.1 Å². The summed E-state index contributed by atoms with van der Waals surface area (Å²) >= 11 is 0. The minimum atomic E-state index is -0.0865. The third-order valence-electron chi connectivity index (χ3n) is 12.2. The van der Waals surface area contributed by atoms with Crippen LogP contribution in [0.25, 0.3) is 0 Å². The molecule has 8 atom stereocenters. The van der Waals surface area contributed by atoms with Gasteiger partial charge < -0.3 is 14.5 Å². The Hall–Kier alpha value is -1.52. The zero-order valence-corrected chi connectivity index (χ0v) is 27.0. The molecule has 228 valence electrons. The Bertz CT molecular complexity index is 906. The molecule has 0 unspecified atom stereocenters. The van der Waals surface area contributed by atoms with E-state index >= 15 is 0 Å². The second kappa shape index (κ2) is 13.2. The van der Waals surface area contributed by atoms with E-state index in [0.717, 1.165) is 88.1 Å². The fourth-order valence-electron chi connectivity index (χ4n) is 9.69. The maximum absolute atomic E-state index is 13.1. The summed E-state index contributed by atoms with van der Waals surface area (Å²) in [5, 5.41) is 0. The van der Waals surface area contributed by atoms with E-state index in [1.54, 1.807) is 10.5 Å². The molecule has 2 amide bonds. The summed E-state index contributed by atoms with van der Waals surface area (Å²) in [7, 11) is 3.75. The molecule has 4 aliphatic carbocycles. The fourth-order valence-corrected chi connectivity index (χ4v) is 9.69. The van der Waals surface area contributed by atoms with Crippen molar-refractivity contribution in [2.75, 3.05) is 27.2 Å². The van der Waals surface area contributed by atoms with Crippen LogP contribution in [0.1, 0.15) is 125 Å². The van der Waals surface area contributed by atoms with E-state index in [4.69, 9.17) is 4.74 Å². The lowest BCUT2D eigenvalue weighted by Gasteiger charge is -2.58. The monoisotopic (exact) mass is 556 g/mol. The van der Waals surface area contributed by atoms with Crippen LogP contribution in [0.4, 0.5) is 4.79 Å². The average molecular weight is 557 g/mol. The van der Waals surface area contributed by atoms with Crippen molar-refractivity contribution in [1.82, 2.24) is 9.80 Å². The van der Waals surface area contributed by atoms with Crippen molar-refractivity contribution < 1.29 is 14.3 Å². The molecule has 0 spiro atoms. The second-order valence-electron chi connectivity index (χ2n) is 14.7. The Morgan fingerprint density at radius 3 is 2.35 bits per heavy atom. The predicted octanol–water partition coefficient (Wildman–Crippen LogP) is 8.48. The highest BCUT2D eigenvalue weighted by Crippen LogP contribution is 2.67. The van der Waals surface area contributed by atoms with Crippen molar-refractivity contribution >= 4 is 12.0 Å². The molecular formula is C35H60N2O3. The summed E-state index contributed by atoms with van der Waals surface area (Å²) in [6.07, 6.45) is 18.2. The van der Waals surface area contributed by atoms with Crippen molar-refractivity contribution in [3.8, 4) is 0 Å². The van der Waals surface area contributed by atoms with E-state index in [1.807, 2.05) is 19.0 Å². The summed E-state index contributed by atoms with van der Waals surface area (Å²) in [6.45, 7) is 13.6. The Morgan fingerprint density at radius 2 is 1.70 bits per heavy atom. The molecule has 0 saturated heterocycles. The average Bonchev–Trinajstić information content (AvgIpc) is 3.29. The molecule has 4 rings (SSSR count). The first kappa shape index (κ1) is 31.4. The van der Waals surface area contributed by atoms with Crippen LogP contribution in [-0.4, -0.2) is 55.1 Å². The van der Waals surface area contributed by atoms with Gasteiger partial charge in [0, 0.05) is 40.0 Å². The van der Waals surface area contributed by atoms with Gasteiger partial charge in [-0.2, -0.15) is 0 Å². The van der Waals surface area contributed by atoms with Crippen molar-refractivity contribution in [2.45, 2.75) is 131 Å². The minimum absolute atomic E-state index is 0.0320. The lowest BCUT2D eigenvalue weighted by Crippen LogP contribution is -2.51. The van der Waals surface area contributed by atoms with E-state index in [0.29, 0.717) is 17.8 Å². The lowest BCUT2D eigenvalue weighted by atomic mass is 9.47. The molecule has 5 heteroatoms. The number of carbonyl (C=O) groups excluding carboxylic acids is 2. The van der Waals surface area contributed by atoms with E-state index in [-0.39, 0.29) is 23.5 Å². The molecule has 3 fully saturated rings. The zero-order valence-electron chi connectivity index (χ0n) is 27.0. The maximum atomic E-state index is 13.1. The van der Waals surface area contributed by atoms with Crippen LogP contribution in [0.15, 0.2) is 11.6 Å². The SMILES string of the molecule is CCCCN(CCCC)C(=O)O[C@H]1CC[C@@]2(C)C(=CC[C@H]3[C@@H]4CC[C@H]([C@H](C)CCC(=O)N(C)C)[C@@]4(C)CC[C@@H]32)C1. The van der Waals surface area contributed by atoms with Gasteiger partial charge in [0.05, 0.1) is 0 Å². The number of hydrogen-bond donors (Lipinski definition) is 0. The highest BCUT2D eigenvalue weighted by Gasteiger charge is 2.59. The summed E-state index contributed by atoms with van der Waals surface area (Å²) in [5.41, 5.74) is 2.26. The first-order valence-corrected chi connectivity index (χ1v) is 16.9. The Kier molecular flexibility index (Phi) is 10.4. The number of carbonyl (C=O) groups is 2. The topological polar surface area (TPSA) is 49.9 Å². The van der Waals surface area contributed by atoms with Gasteiger partial charge in [0.15, 0.2) is 0 Å². The van der Waals surface area contributed by atoms with Crippen molar-refractivity contribution in [1.29, 1.82) is 0 Å². The van der Waals surface area contributed by atoms with Gasteiger partial charge in [-0.3, -0.25) is 4.79 Å². The number of nitrogens with zero attached hydrogens (tertiary/aromatic N) is 2.